The summed E-state index contributed by atoms with van der Waals surface area (Å²) in [7, 11) is 2.30. The molecule has 1 saturated carbocycles. The average Bonchev–Trinajstić information content (AvgIpc) is 2.23. The highest BCUT2D eigenvalue weighted by molar-refractivity contribution is 4.81. The molecule has 0 aromatic carbocycles. The zero-order valence-corrected chi connectivity index (χ0v) is 12.5. The van der Waals surface area contributed by atoms with E-state index in [4.69, 9.17) is 0 Å². The molecular formula is C15H31N3. The van der Waals surface area contributed by atoms with Crippen molar-refractivity contribution in [3.8, 4) is 0 Å². The van der Waals surface area contributed by atoms with Crippen LogP contribution in [0.5, 0.6) is 0 Å². The molecule has 1 aliphatic carbocycles. The second-order valence-electron chi connectivity index (χ2n) is 7.18. The van der Waals surface area contributed by atoms with E-state index < -0.39 is 0 Å². The normalized spacial score (nSPS) is 23.3. The van der Waals surface area contributed by atoms with E-state index in [2.05, 4.69) is 36.0 Å². The summed E-state index contributed by atoms with van der Waals surface area (Å²) in [5, 5.41) is 3.43. The van der Waals surface area contributed by atoms with Crippen molar-refractivity contribution >= 4 is 0 Å². The molecule has 0 amide bonds. The van der Waals surface area contributed by atoms with E-state index in [-0.39, 0.29) is 0 Å². The molecule has 0 aromatic rings. The van der Waals surface area contributed by atoms with E-state index in [1.54, 1.807) is 0 Å². The maximum Gasteiger partial charge on any atom is 0.0108 e. The summed E-state index contributed by atoms with van der Waals surface area (Å²) < 4.78 is 0. The van der Waals surface area contributed by atoms with Crippen molar-refractivity contribution in [2.24, 2.45) is 11.3 Å². The van der Waals surface area contributed by atoms with Gasteiger partial charge in [0.2, 0.25) is 0 Å². The predicted molar refractivity (Wildman–Crippen MR) is 77.9 cm³/mol. The smallest absolute Gasteiger partial charge is 0.0108 e. The first-order chi connectivity index (χ1) is 8.55. The molecule has 18 heavy (non-hydrogen) atoms. The van der Waals surface area contributed by atoms with Crippen molar-refractivity contribution in [1.29, 1.82) is 0 Å². The fraction of sp³-hybridized carbons (Fsp3) is 1.00. The fourth-order valence-corrected chi connectivity index (χ4v) is 3.44. The van der Waals surface area contributed by atoms with Crippen molar-refractivity contribution in [2.75, 3.05) is 52.9 Å². The number of hydrogen-bond acceptors (Lipinski definition) is 3. The molecule has 0 radical (unpaired) electrons. The molecule has 3 heteroatoms. The number of piperazine rings is 1. The third-order valence-corrected chi connectivity index (χ3v) is 4.35. The Morgan fingerprint density at radius 2 is 1.89 bits per heavy atom. The minimum Gasteiger partial charge on any atom is -0.314 e. The van der Waals surface area contributed by atoms with Gasteiger partial charge >= 0.3 is 0 Å². The molecule has 0 spiro atoms. The molecule has 1 heterocycles. The molecule has 0 atom stereocenters. The van der Waals surface area contributed by atoms with Crippen LogP contribution in [-0.4, -0.2) is 62.7 Å². The second kappa shape index (κ2) is 6.36. The van der Waals surface area contributed by atoms with E-state index in [1.807, 2.05) is 0 Å². The maximum absolute atomic E-state index is 3.43. The molecule has 1 N–H and O–H groups in total. The Hall–Kier alpha value is -0.120. The van der Waals surface area contributed by atoms with Crippen LogP contribution in [-0.2, 0) is 0 Å². The van der Waals surface area contributed by atoms with E-state index >= 15 is 0 Å². The summed E-state index contributed by atoms with van der Waals surface area (Å²) >= 11 is 0. The van der Waals surface area contributed by atoms with Gasteiger partial charge in [-0.1, -0.05) is 20.3 Å². The summed E-state index contributed by atoms with van der Waals surface area (Å²) in [6, 6.07) is 0. The Balaban J connectivity index is 1.70. The second-order valence-corrected chi connectivity index (χ2v) is 7.18. The summed E-state index contributed by atoms with van der Waals surface area (Å²) in [5.74, 6) is 0.991. The Morgan fingerprint density at radius 3 is 2.44 bits per heavy atom. The highest BCUT2D eigenvalue weighted by Gasteiger charge is 2.26. The van der Waals surface area contributed by atoms with Crippen LogP contribution in [0, 0.1) is 11.3 Å². The van der Waals surface area contributed by atoms with Gasteiger partial charge in [-0.25, -0.2) is 0 Å². The van der Waals surface area contributed by atoms with Crippen molar-refractivity contribution < 1.29 is 0 Å². The molecule has 1 saturated heterocycles. The lowest BCUT2D eigenvalue weighted by molar-refractivity contribution is 0.106. The molecule has 0 bridgehead atoms. The van der Waals surface area contributed by atoms with Crippen LogP contribution in [0.15, 0.2) is 0 Å². The summed E-state index contributed by atoms with van der Waals surface area (Å²) in [4.78, 5) is 5.18. The number of hydrogen-bond donors (Lipinski definition) is 1. The number of nitrogens with zero attached hydrogens (tertiary/aromatic N) is 2. The third kappa shape index (κ3) is 4.52. The van der Waals surface area contributed by atoms with Gasteiger partial charge in [0, 0.05) is 45.8 Å². The number of nitrogens with one attached hydrogen (secondary N) is 1. The van der Waals surface area contributed by atoms with Crippen LogP contribution >= 0.6 is 0 Å². The molecule has 2 fully saturated rings. The predicted octanol–water partition coefficient (Wildman–Crippen LogP) is 1.65. The Kier molecular flexibility index (Phi) is 5.05. The quantitative estimate of drug-likeness (QED) is 0.776. The summed E-state index contributed by atoms with van der Waals surface area (Å²) in [6.07, 6.45) is 4.38. The standard InChI is InChI=1S/C15H31N3/c1-15(2,13-18-9-7-16-8-10-18)12-17(3)11-14-5-4-6-14/h14,16H,4-13H2,1-3H3. The van der Waals surface area contributed by atoms with Crippen LogP contribution in [0.2, 0.25) is 0 Å². The van der Waals surface area contributed by atoms with E-state index in [1.165, 1.54) is 52.0 Å². The summed E-state index contributed by atoms with van der Waals surface area (Å²) in [6.45, 7) is 13.4. The minimum absolute atomic E-state index is 0.413. The topological polar surface area (TPSA) is 18.5 Å². The van der Waals surface area contributed by atoms with Gasteiger partial charge < -0.3 is 15.1 Å². The van der Waals surface area contributed by atoms with Crippen LogP contribution in [0.3, 0.4) is 0 Å². The fourth-order valence-electron chi connectivity index (χ4n) is 3.44. The first-order valence-corrected chi connectivity index (χ1v) is 7.67. The van der Waals surface area contributed by atoms with Crippen LogP contribution in [0.4, 0.5) is 0 Å². The highest BCUT2D eigenvalue weighted by atomic mass is 15.2. The van der Waals surface area contributed by atoms with E-state index in [0.29, 0.717) is 5.41 Å². The molecular weight excluding hydrogens is 222 g/mol. The van der Waals surface area contributed by atoms with Crippen molar-refractivity contribution in [1.82, 2.24) is 15.1 Å². The molecule has 1 aliphatic heterocycles. The average molecular weight is 253 g/mol. The zero-order chi connectivity index (χ0) is 13.0. The van der Waals surface area contributed by atoms with E-state index in [9.17, 15) is 0 Å². The largest absolute Gasteiger partial charge is 0.314 e. The number of rotatable bonds is 6. The zero-order valence-electron chi connectivity index (χ0n) is 12.5. The molecule has 0 unspecified atom stereocenters. The van der Waals surface area contributed by atoms with Crippen LogP contribution < -0.4 is 5.32 Å². The van der Waals surface area contributed by atoms with Gasteiger partial charge in [0.1, 0.15) is 0 Å². The highest BCUT2D eigenvalue weighted by Crippen LogP contribution is 2.28. The Labute approximate surface area is 113 Å². The first kappa shape index (κ1) is 14.3. The lowest BCUT2D eigenvalue weighted by Crippen LogP contribution is -2.49. The maximum atomic E-state index is 3.43. The van der Waals surface area contributed by atoms with Crippen molar-refractivity contribution in [2.45, 2.75) is 33.1 Å². The molecule has 106 valence electrons. The molecule has 3 nitrogen and oxygen atoms in total. The Morgan fingerprint density at radius 1 is 1.22 bits per heavy atom. The van der Waals surface area contributed by atoms with Gasteiger partial charge in [-0.05, 0) is 31.2 Å². The molecule has 2 rings (SSSR count). The van der Waals surface area contributed by atoms with Gasteiger partial charge in [0.15, 0.2) is 0 Å². The lowest BCUT2D eigenvalue weighted by Gasteiger charge is -2.39. The molecule has 2 aliphatic rings. The third-order valence-electron chi connectivity index (χ3n) is 4.35. The molecule has 0 aromatic heterocycles. The Bertz CT molecular complexity index is 242. The van der Waals surface area contributed by atoms with Gasteiger partial charge in [-0.3, -0.25) is 0 Å². The van der Waals surface area contributed by atoms with Crippen molar-refractivity contribution in [3.05, 3.63) is 0 Å². The minimum atomic E-state index is 0.413. The lowest BCUT2D eigenvalue weighted by atomic mass is 9.84. The van der Waals surface area contributed by atoms with E-state index in [0.717, 1.165) is 19.0 Å². The van der Waals surface area contributed by atoms with Crippen LogP contribution in [0.25, 0.3) is 0 Å². The van der Waals surface area contributed by atoms with Gasteiger partial charge in [-0.15, -0.1) is 0 Å². The van der Waals surface area contributed by atoms with Gasteiger partial charge in [0.05, 0.1) is 0 Å². The van der Waals surface area contributed by atoms with Crippen molar-refractivity contribution in [3.63, 3.8) is 0 Å². The monoisotopic (exact) mass is 253 g/mol. The van der Waals surface area contributed by atoms with Crippen LogP contribution in [0.1, 0.15) is 33.1 Å². The SMILES string of the molecule is CN(CC1CCC1)CC(C)(C)CN1CCNCC1. The summed E-state index contributed by atoms with van der Waals surface area (Å²) in [5.41, 5.74) is 0.413. The first-order valence-electron chi connectivity index (χ1n) is 7.67. The van der Waals surface area contributed by atoms with Gasteiger partial charge in [-0.2, -0.15) is 0 Å². The van der Waals surface area contributed by atoms with Gasteiger partial charge in [0.25, 0.3) is 0 Å².